The molecule has 2 aromatic rings. The molecule has 0 saturated heterocycles. The molecule has 0 aliphatic heterocycles. The second kappa shape index (κ2) is 5.55. The summed E-state index contributed by atoms with van der Waals surface area (Å²) in [5.41, 5.74) is 0.852. The SMILES string of the molecule is O=C(COc1cccc(Cl)c1)Cc1ccoc1. The van der Waals surface area contributed by atoms with Gasteiger partial charge in [-0.25, -0.2) is 0 Å². The topological polar surface area (TPSA) is 39.4 Å². The Labute approximate surface area is 104 Å². The van der Waals surface area contributed by atoms with E-state index in [1.807, 2.05) is 0 Å². The molecule has 0 aliphatic carbocycles. The molecule has 0 N–H and O–H groups in total. The number of carbonyl (C=O) groups excluding carboxylic acids is 1. The second-order valence-corrected chi connectivity index (χ2v) is 4.03. The molecule has 0 unspecified atom stereocenters. The van der Waals surface area contributed by atoms with Crippen LogP contribution >= 0.6 is 11.6 Å². The van der Waals surface area contributed by atoms with Gasteiger partial charge in [-0.15, -0.1) is 0 Å². The van der Waals surface area contributed by atoms with Crippen LogP contribution in [0, 0.1) is 0 Å². The molecule has 0 spiro atoms. The third-order valence-corrected chi connectivity index (χ3v) is 2.41. The van der Waals surface area contributed by atoms with Gasteiger partial charge in [0.15, 0.2) is 5.78 Å². The number of halogens is 1. The lowest BCUT2D eigenvalue weighted by Gasteiger charge is -2.04. The number of furan rings is 1. The summed E-state index contributed by atoms with van der Waals surface area (Å²) in [5, 5.41) is 0.588. The van der Waals surface area contributed by atoms with Gasteiger partial charge >= 0.3 is 0 Å². The van der Waals surface area contributed by atoms with Crippen molar-refractivity contribution in [3.8, 4) is 5.75 Å². The Kier molecular flexibility index (Phi) is 3.83. The monoisotopic (exact) mass is 250 g/mol. The Bertz CT molecular complexity index is 491. The van der Waals surface area contributed by atoms with Gasteiger partial charge in [0.25, 0.3) is 0 Å². The van der Waals surface area contributed by atoms with Crippen molar-refractivity contribution in [3.05, 3.63) is 53.4 Å². The van der Waals surface area contributed by atoms with Crippen molar-refractivity contribution in [2.24, 2.45) is 0 Å². The van der Waals surface area contributed by atoms with E-state index in [0.717, 1.165) is 5.56 Å². The minimum absolute atomic E-state index is 0.00799. The van der Waals surface area contributed by atoms with Crippen LogP contribution in [0.15, 0.2) is 47.3 Å². The molecule has 0 atom stereocenters. The van der Waals surface area contributed by atoms with Crippen molar-refractivity contribution in [1.82, 2.24) is 0 Å². The minimum atomic E-state index is -0.00799. The van der Waals surface area contributed by atoms with E-state index in [9.17, 15) is 4.79 Å². The van der Waals surface area contributed by atoms with Crippen LogP contribution in [0.3, 0.4) is 0 Å². The third kappa shape index (κ3) is 3.64. The average Bonchev–Trinajstić information content (AvgIpc) is 2.79. The van der Waals surface area contributed by atoms with Crippen LogP contribution in [-0.4, -0.2) is 12.4 Å². The number of carbonyl (C=O) groups is 1. The van der Waals surface area contributed by atoms with Gasteiger partial charge in [0, 0.05) is 11.4 Å². The Balaban J connectivity index is 1.84. The summed E-state index contributed by atoms with van der Waals surface area (Å²) >= 11 is 5.80. The quantitative estimate of drug-likeness (QED) is 0.819. The normalized spacial score (nSPS) is 10.2. The number of Topliss-reactive ketones (excluding diaryl/α,β-unsaturated/α-hetero) is 1. The summed E-state index contributed by atoms with van der Waals surface area (Å²) in [6.07, 6.45) is 3.41. The summed E-state index contributed by atoms with van der Waals surface area (Å²) in [5.74, 6) is 0.587. The second-order valence-electron chi connectivity index (χ2n) is 3.59. The first-order chi connectivity index (χ1) is 8.24. The Hall–Kier alpha value is -1.74. The molecule has 1 aromatic carbocycles. The predicted molar refractivity (Wildman–Crippen MR) is 64.4 cm³/mol. The Morgan fingerprint density at radius 3 is 2.94 bits per heavy atom. The molecule has 0 saturated carbocycles. The van der Waals surface area contributed by atoms with Crippen LogP contribution in [0.4, 0.5) is 0 Å². The van der Waals surface area contributed by atoms with E-state index in [4.69, 9.17) is 20.8 Å². The molecule has 88 valence electrons. The number of hydrogen-bond donors (Lipinski definition) is 0. The van der Waals surface area contributed by atoms with Crippen molar-refractivity contribution in [3.63, 3.8) is 0 Å². The fraction of sp³-hybridized carbons (Fsp3) is 0.154. The maximum Gasteiger partial charge on any atom is 0.174 e. The zero-order valence-electron chi connectivity index (χ0n) is 9.06. The first kappa shape index (κ1) is 11.7. The molecule has 0 fully saturated rings. The van der Waals surface area contributed by atoms with Crippen molar-refractivity contribution in [2.75, 3.05) is 6.61 Å². The highest BCUT2D eigenvalue weighted by Crippen LogP contribution is 2.17. The zero-order chi connectivity index (χ0) is 12.1. The van der Waals surface area contributed by atoms with Crippen molar-refractivity contribution >= 4 is 17.4 Å². The van der Waals surface area contributed by atoms with Crippen LogP contribution < -0.4 is 4.74 Å². The molecule has 1 aromatic heterocycles. The van der Waals surface area contributed by atoms with Crippen LogP contribution in [-0.2, 0) is 11.2 Å². The fourth-order valence-electron chi connectivity index (χ4n) is 1.39. The van der Waals surface area contributed by atoms with Crippen molar-refractivity contribution in [1.29, 1.82) is 0 Å². The molecular weight excluding hydrogens is 240 g/mol. The summed E-state index contributed by atoms with van der Waals surface area (Å²) in [6.45, 7) is 0.0333. The van der Waals surface area contributed by atoms with Crippen molar-refractivity contribution in [2.45, 2.75) is 6.42 Å². The lowest BCUT2D eigenvalue weighted by atomic mass is 10.2. The van der Waals surface area contributed by atoms with E-state index in [2.05, 4.69) is 0 Å². The standard InChI is InChI=1S/C13H11ClO3/c14-11-2-1-3-13(7-11)17-9-12(15)6-10-4-5-16-8-10/h1-5,7-8H,6,9H2. The summed E-state index contributed by atoms with van der Waals surface area (Å²) < 4.78 is 10.2. The maximum atomic E-state index is 11.6. The van der Waals surface area contributed by atoms with E-state index < -0.39 is 0 Å². The average molecular weight is 251 g/mol. The lowest BCUT2D eigenvalue weighted by molar-refractivity contribution is -0.120. The number of benzene rings is 1. The van der Waals surface area contributed by atoms with E-state index in [0.29, 0.717) is 17.2 Å². The van der Waals surface area contributed by atoms with Crippen LogP contribution in [0.1, 0.15) is 5.56 Å². The highest BCUT2D eigenvalue weighted by atomic mass is 35.5. The van der Waals surface area contributed by atoms with Crippen LogP contribution in [0.2, 0.25) is 5.02 Å². The van der Waals surface area contributed by atoms with Crippen LogP contribution in [0.5, 0.6) is 5.75 Å². The molecular formula is C13H11ClO3. The van der Waals surface area contributed by atoms with E-state index in [1.54, 1.807) is 42.9 Å². The number of ketones is 1. The van der Waals surface area contributed by atoms with Gasteiger partial charge in [-0.05, 0) is 29.8 Å². The summed E-state index contributed by atoms with van der Waals surface area (Å²) in [4.78, 5) is 11.6. The molecule has 1 heterocycles. The third-order valence-electron chi connectivity index (χ3n) is 2.18. The lowest BCUT2D eigenvalue weighted by Crippen LogP contribution is -2.13. The minimum Gasteiger partial charge on any atom is -0.486 e. The Morgan fingerprint density at radius 1 is 1.35 bits per heavy atom. The Morgan fingerprint density at radius 2 is 2.24 bits per heavy atom. The number of hydrogen-bond acceptors (Lipinski definition) is 3. The number of rotatable bonds is 5. The van der Waals surface area contributed by atoms with E-state index in [-0.39, 0.29) is 12.4 Å². The highest BCUT2D eigenvalue weighted by Gasteiger charge is 2.06. The molecule has 0 amide bonds. The molecule has 0 bridgehead atoms. The molecule has 2 rings (SSSR count). The smallest absolute Gasteiger partial charge is 0.174 e. The predicted octanol–water partition coefficient (Wildman–Crippen LogP) is 3.12. The summed E-state index contributed by atoms with van der Waals surface area (Å²) in [6, 6.07) is 8.72. The first-order valence-corrected chi connectivity index (χ1v) is 5.53. The van der Waals surface area contributed by atoms with Crippen LogP contribution in [0.25, 0.3) is 0 Å². The molecule has 4 heteroatoms. The number of ether oxygens (including phenoxy) is 1. The zero-order valence-corrected chi connectivity index (χ0v) is 9.81. The van der Waals surface area contributed by atoms with Gasteiger partial charge in [0.2, 0.25) is 0 Å². The van der Waals surface area contributed by atoms with Gasteiger partial charge in [-0.3, -0.25) is 4.79 Å². The van der Waals surface area contributed by atoms with Gasteiger partial charge < -0.3 is 9.15 Å². The van der Waals surface area contributed by atoms with E-state index in [1.165, 1.54) is 0 Å². The summed E-state index contributed by atoms with van der Waals surface area (Å²) in [7, 11) is 0. The largest absolute Gasteiger partial charge is 0.486 e. The molecule has 0 radical (unpaired) electrons. The van der Waals surface area contributed by atoms with Gasteiger partial charge in [0.1, 0.15) is 12.4 Å². The first-order valence-electron chi connectivity index (χ1n) is 5.15. The van der Waals surface area contributed by atoms with Crippen molar-refractivity contribution < 1.29 is 13.9 Å². The van der Waals surface area contributed by atoms with Gasteiger partial charge in [-0.2, -0.15) is 0 Å². The fourth-order valence-corrected chi connectivity index (χ4v) is 1.57. The maximum absolute atomic E-state index is 11.6. The highest BCUT2D eigenvalue weighted by molar-refractivity contribution is 6.30. The van der Waals surface area contributed by atoms with E-state index >= 15 is 0 Å². The molecule has 17 heavy (non-hydrogen) atoms. The van der Waals surface area contributed by atoms with Gasteiger partial charge in [0.05, 0.1) is 12.5 Å². The van der Waals surface area contributed by atoms with Gasteiger partial charge in [-0.1, -0.05) is 17.7 Å². The molecule has 0 aliphatic rings. The molecule has 3 nitrogen and oxygen atoms in total.